The van der Waals surface area contributed by atoms with Gasteiger partial charge in [0.15, 0.2) is 0 Å². The van der Waals surface area contributed by atoms with Crippen molar-refractivity contribution in [2.75, 3.05) is 0 Å². The Kier molecular flexibility index (Phi) is 3.34. The highest BCUT2D eigenvalue weighted by molar-refractivity contribution is 4.76. The minimum absolute atomic E-state index is 0.351. The van der Waals surface area contributed by atoms with Gasteiger partial charge in [-0.25, -0.2) is 0 Å². The second-order valence-corrected chi connectivity index (χ2v) is 3.63. The van der Waals surface area contributed by atoms with Gasteiger partial charge in [-0.05, 0) is 25.7 Å². The Morgan fingerprint density at radius 3 is 2.09 bits per heavy atom. The highest BCUT2D eigenvalue weighted by Crippen LogP contribution is 2.27. The molecule has 2 N–H and O–H groups in total. The van der Waals surface area contributed by atoms with Gasteiger partial charge in [0.05, 0.1) is 12.2 Å². The molecular weight excluding hydrogens is 140 g/mol. The van der Waals surface area contributed by atoms with Crippen LogP contribution in [-0.2, 0) is 0 Å². The van der Waals surface area contributed by atoms with E-state index < -0.39 is 12.2 Å². The van der Waals surface area contributed by atoms with Gasteiger partial charge in [0.1, 0.15) is 0 Å². The van der Waals surface area contributed by atoms with Crippen molar-refractivity contribution < 1.29 is 10.2 Å². The fourth-order valence-electron chi connectivity index (χ4n) is 1.87. The van der Waals surface area contributed by atoms with Crippen molar-refractivity contribution in [3.63, 3.8) is 0 Å². The quantitative estimate of drug-likeness (QED) is 0.636. The summed E-state index contributed by atoms with van der Waals surface area (Å²) in [4.78, 5) is 0. The molecular formula is C9H18O2. The molecule has 11 heavy (non-hydrogen) atoms. The van der Waals surface area contributed by atoms with E-state index in [1.807, 2.05) is 0 Å². The Balaban J connectivity index is 2.32. The van der Waals surface area contributed by atoms with Crippen LogP contribution < -0.4 is 0 Å². The van der Waals surface area contributed by atoms with E-state index in [1.165, 1.54) is 19.3 Å². The molecule has 2 atom stereocenters. The molecule has 0 aromatic heterocycles. The maximum atomic E-state index is 9.50. The van der Waals surface area contributed by atoms with Crippen LogP contribution in [0.15, 0.2) is 0 Å². The second kappa shape index (κ2) is 4.07. The molecule has 0 aromatic rings. The van der Waals surface area contributed by atoms with Gasteiger partial charge in [-0.3, -0.25) is 0 Å². The third kappa shape index (κ3) is 2.46. The van der Waals surface area contributed by atoms with Crippen LogP contribution in [0.25, 0.3) is 0 Å². The topological polar surface area (TPSA) is 40.5 Å². The molecule has 2 heteroatoms. The van der Waals surface area contributed by atoms with E-state index in [9.17, 15) is 5.11 Å². The molecule has 66 valence electrons. The maximum Gasteiger partial charge on any atom is 0.0824 e. The average Bonchev–Trinajstić information content (AvgIpc) is 2.05. The van der Waals surface area contributed by atoms with E-state index in [-0.39, 0.29) is 0 Å². The molecule has 0 radical (unpaired) electrons. The van der Waals surface area contributed by atoms with Gasteiger partial charge < -0.3 is 10.2 Å². The van der Waals surface area contributed by atoms with E-state index in [0.717, 1.165) is 12.8 Å². The van der Waals surface area contributed by atoms with Crippen LogP contribution in [-0.4, -0.2) is 22.4 Å². The fraction of sp³-hybridized carbons (Fsp3) is 1.00. The highest BCUT2D eigenvalue weighted by Gasteiger charge is 2.24. The van der Waals surface area contributed by atoms with Crippen LogP contribution in [0, 0.1) is 5.92 Å². The van der Waals surface area contributed by atoms with E-state index >= 15 is 0 Å². The summed E-state index contributed by atoms with van der Waals surface area (Å²) >= 11 is 0. The van der Waals surface area contributed by atoms with E-state index in [0.29, 0.717) is 5.92 Å². The number of rotatable bonds is 2. The van der Waals surface area contributed by atoms with Crippen LogP contribution in [0.1, 0.15) is 39.0 Å². The van der Waals surface area contributed by atoms with Crippen LogP contribution in [0.3, 0.4) is 0 Å². The van der Waals surface area contributed by atoms with Crippen LogP contribution in [0.5, 0.6) is 0 Å². The summed E-state index contributed by atoms with van der Waals surface area (Å²) < 4.78 is 0. The van der Waals surface area contributed by atoms with Crippen molar-refractivity contribution in [3.8, 4) is 0 Å². The van der Waals surface area contributed by atoms with E-state index in [2.05, 4.69) is 0 Å². The fourth-order valence-corrected chi connectivity index (χ4v) is 1.87. The van der Waals surface area contributed by atoms with Crippen LogP contribution >= 0.6 is 0 Å². The smallest absolute Gasteiger partial charge is 0.0824 e. The van der Waals surface area contributed by atoms with Crippen molar-refractivity contribution in [1.29, 1.82) is 0 Å². The Morgan fingerprint density at radius 2 is 1.64 bits per heavy atom. The lowest BCUT2D eigenvalue weighted by atomic mass is 9.84. The lowest BCUT2D eigenvalue weighted by Gasteiger charge is -2.28. The van der Waals surface area contributed by atoms with Crippen LogP contribution in [0.4, 0.5) is 0 Å². The Hall–Kier alpha value is -0.0800. The minimum atomic E-state index is -0.557. The zero-order valence-corrected chi connectivity index (χ0v) is 7.16. The number of aliphatic hydroxyl groups excluding tert-OH is 2. The molecule has 1 fully saturated rings. The van der Waals surface area contributed by atoms with Crippen molar-refractivity contribution in [2.45, 2.75) is 51.2 Å². The van der Waals surface area contributed by atoms with Crippen LogP contribution in [0.2, 0.25) is 0 Å². The summed E-state index contributed by atoms with van der Waals surface area (Å²) in [5, 5.41) is 18.6. The summed E-state index contributed by atoms with van der Waals surface area (Å²) in [5.74, 6) is 0.351. The predicted molar refractivity (Wildman–Crippen MR) is 44.3 cm³/mol. The highest BCUT2D eigenvalue weighted by atomic mass is 16.3. The molecule has 0 amide bonds. The number of hydrogen-bond acceptors (Lipinski definition) is 2. The van der Waals surface area contributed by atoms with Gasteiger partial charge in [-0.15, -0.1) is 0 Å². The Labute approximate surface area is 68.2 Å². The SMILES string of the molecule is C[C@@H](O)[C@H](O)C1CCCCC1. The summed E-state index contributed by atoms with van der Waals surface area (Å²) in [6.07, 6.45) is 4.86. The summed E-state index contributed by atoms with van der Waals surface area (Å²) in [7, 11) is 0. The number of aliphatic hydroxyl groups is 2. The van der Waals surface area contributed by atoms with Gasteiger partial charge in [0, 0.05) is 0 Å². The molecule has 0 aliphatic heterocycles. The van der Waals surface area contributed by atoms with Gasteiger partial charge in [-0.2, -0.15) is 0 Å². The predicted octanol–water partition coefficient (Wildman–Crippen LogP) is 1.31. The first-order valence-electron chi connectivity index (χ1n) is 4.58. The number of hydrogen-bond donors (Lipinski definition) is 2. The first kappa shape index (κ1) is 9.01. The first-order valence-corrected chi connectivity index (χ1v) is 4.58. The minimum Gasteiger partial charge on any atom is -0.391 e. The normalized spacial score (nSPS) is 26.5. The van der Waals surface area contributed by atoms with Gasteiger partial charge in [0.2, 0.25) is 0 Å². The zero-order valence-electron chi connectivity index (χ0n) is 7.16. The average molecular weight is 158 g/mol. The van der Waals surface area contributed by atoms with Gasteiger partial charge in [-0.1, -0.05) is 19.3 Å². The molecule has 0 unspecified atom stereocenters. The molecule has 1 rings (SSSR count). The molecule has 0 aromatic carbocycles. The third-order valence-electron chi connectivity index (χ3n) is 2.63. The molecule has 0 heterocycles. The third-order valence-corrected chi connectivity index (χ3v) is 2.63. The molecule has 1 aliphatic rings. The Morgan fingerprint density at radius 1 is 1.09 bits per heavy atom. The van der Waals surface area contributed by atoms with E-state index in [1.54, 1.807) is 6.92 Å². The first-order chi connectivity index (χ1) is 5.22. The zero-order chi connectivity index (χ0) is 8.27. The van der Waals surface area contributed by atoms with Crippen molar-refractivity contribution in [2.24, 2.45) is 5.92 Å². The summed E-state index contributed by atoms with van der Waals surface area (Å²) in [6.45, 7) is 1.67. The summed E-state index contributed by atoms with van der Waals surface area (Å²) in [5.41, 5.74) is 0. The van der Waals surface area contributed by atoms with E-state index in [4.69, 9.17) is 5.11 Å². The van der Waals surface area contributed by atoms with Gasteiger partial charge >= 0.3 is 0 Å². The monoisotopic (exact) mass is 158 g/mol. The van der Waals surface area contributed by atoms with Crippen molar-refractivity contribution >= 4 is 0 Å². The molecule has 1 aliphatic carbocycles. The Bertz CT molecular complexity index is 106. The lowest BCUT2D eigenvalue weighted by Crippen LogP contribution is -2.32. The molecule has 1 saturated carbocycles. The standard InChI is InChI=1S/C9H18O2/c1-7(10)9(11)8-5-3-2-4-6-8/h7-11H,2-6H2,1H3/t7-,9+/m1/s1. The lowest BCUT2D eigenvalue weighted by molar-refractivity contribution is -0.0175. The second-order valence-electron chi connectivity index (χ2n) is 3.63. The molecule has 0 spiro atoms. The van der Waals surface area contributed by atoms with Crippen molar-refractivity contribution in [1.82, 2.24) is 0 Å². The summed E-state index contributed by atoms with van der Waals surface area (Å²) in [6, 6.07) is 0. The largest absolute Gasteiger partial charge is 0.391 e. The van der Waals surface area contributed by atoms with Crippen molar-refractivity contribution in [3.05, 3.63) is 0 Å². The maximum absolute atomic E-state index is 9.50. The molecule has 0 bridgehead atoms. The van der Waals surface area contributed by atoms with Gasteiger partial charge in [0.25, 0.3) is 0 Å². The molecule has 0 saturated heterocycles. The molecule has 2 nitrogen and oxygen atoms in total.